The van der Waals surface area contributed by atoms with E-state index in [2.05, 4.69) is 32.2 Å². The first-order chi connectivity index (χ1) is 6.24. The van der Waals surface area contributed by atoms with E-state index in [1.54, 1.807) is 6.07 Å². The molecule has 2 nitrogen and oxygen atoms in total. The van der Waals surface area contributed by atoms with Crippen molar-refractivity contribution in [3.05, 3.63) is 28.2 Å². The predicted octanol–water partition coefficient (Wildman–Crippen LogP) is 1.71. The second-order valence-electron chi connectivity index (χ2n) is 2.41. The number of nitrogens with one attached hydrogen (secondary N) is 1. The van der Waals surface area contributed by atoms with Crippen LogP contribution in [0.4, 0.5) is 4.39 Å². The first-order valence-corrected chi connectivity index (χ1v) is 4.47. The molecule has 0 aliphatic heterocycles. The zero-order chi connectivity index (χ0) is 9.68. The van der Waals surface area contributed by atoms with Crippen LogP contribution in [-0.4, -0.2) is 11.5 Å². The first kappa shape index (κ1) is 10.2. The van der Waals surface area contributed by atoms with Gasteiger partial charge in [-0.05, 0) is 22.0 Å². The Bertz CT molecular complexity index is 333. The summed E-state index contributed by atoms with van der Waals surface area (Å²) in [7, 11) is 0. The van der Waals surface area contributed by atoms with Gasteiger partial charge in [0.1, 0.15) is 10.4 Å². The molecule has 0 spiro atoms. The van der Waals surface area contributed by atoms with Gasteiger partial charge in [-0.15, -0.1) is 6.42 Å². The van der Waals surface area contributed by atoms with Gasteiger partial charge in [0.05, 0.1) is 12.7 Å². The number of aromatic nitrogens is 1. The molecule has 0 aliphatic rings. The molecule has 0 saturated heterocycles. The molecule has 1 aromatic heterocycles. The third-order valence-corrected chi connectivity index (χ3v) is 1.88. The van der Waals surface area contributed by atoms with Crippen molar-refractivity contribution in [2.75, 3.05) is 6.54 Å². The van der Waals surface area contributed by atoms with Crippen LogP contribution in [0.25, 0.3) is 0 Å². The molecule has 68 valence electrons. The molecule has 0 unspecified atom stereocenters. The van der Waals surface area contributed by atoms with E-state index in [4.69, 9.17) is 6.42 Å². The van der Waals surface area contributed by atoms with E-state index in [1.807, 2.05) is 0 Å². The molecule has 1 rings (SSSR count). The molecule has 0 bridgehead atoms. The maximum absolute atomic E-state index is 13.0. The second kappa shape index (κ2) is 4.95. The van der Waals surface area contributed by atoms with Crippen LogP contribution < -0.4 is 5.32 Å². The van der Waals surface area contributed by atoms with Gasteiger partial charge in [-0.1, -0.05) is 5.92 Å². The highest BCUT2D eigenvalue weighted by atomic mass is 79.9. The summed E-state index contributed by atoms with van der Waals surface area (Å²) in [6.07, 6.45) is 6.21. The van der Waals surface area contributed by atoms with E-state index >= 15 is 0 Å². The summed E-state index contributed by atoms with van der Waals surface area (Å²) in [4.78, 5) is 3.74. The predicted molar refractivity (Wildman–Crippen MR) is 52.4 cm³/mol. The quantitative estimate of drug-likeness (QED) is 0.496. The molecule has 0 aromatic carbocycles. The lowest BCUT2D eigenvalue weighted by Gasteiger charge is -2.02. The molecular formula is C9H8BrFN2. The Morgan fingerprint density at radius 3 is 3.15 bits per heavy atom. The topological polar surface area (TPSA) is 24.9 Å². The monoisotopic (exact) mass is 242 g/mol. The lowest BCUT2D eigenvalue weighted by molar-refractivity contribution is 0.590. The molecule has 13 heavy (non-hydrogen) atoms. The fourth-order valence-corrected chi connectivity index (χ4v) is 1.23. The van der Waals surface area contributed by atoms with E-state index in [-0.39, 0.29) is 5.82 Å². The molecule has 1 aromatic rings. The highest BCUT2D eigenvalue weighted by molar-refractivity contribution is 9.10. The van der Waals surface area contributed by atoms with E-state index in [0.717, 1.165) is 0 Å². The highest BCUT2D eigenvalue weighted by Crippen LogP contribution is 2.11. The number of halogens is 2. The summed E-state index contributed by atoms with van der Waals surface area (Å²) >= 11 is 3.16. The zero-order valence-electron chi connectivity index (χ0n) is 6.85. The summed E-state index contributed by atoms with van der Waals surface area (Å²) in [5, 5.41) is 2.89. The van der Waals surface area contributed by atoms with Gasteiger partial charge in [-0.2, -0.15) is 0 Å². The Morgan fingerprint density at radius 1 is 1.69 bits per heavy atom. The average Bonchev–Trinajstić information content (AvgIpc) is 2.11. The van der Waals surface area contributed by atoms with Crippen LogP contribution in [0.1, 0.15) is 5.56 Å². The van der Waals surface area contributed by atoms with Crippen LogP contribution >= 0.6 is 15.9 Å². The van der Waals surface area contributed by atoms with Crippen LogP contribution in [0, 0.1) is 18.2 Å². The van der Waals surface area contributed by atoms with Gasteiger partial charge in [0.15, 0.2) is 0 Å². The number of terminal acetylenes is 1. The van der Waals surface area contributed by atoms with E-state index in [9.17, 15) is 4.39 Å². The average molecular weight is 243 g/mol. The molecule has 4 heteroatoms. The zero-order valence-corrected chi connectivity index (χ0v) is 8.44. The molecule has 1 heterocycles. The molecule has 0 fully saturated rings. The Morgan fingerprint density at radius 2 is 2.46 bits per heavy atom. The minimum absolute atomic E-state index is 0.326. The van der Waals surface area contributed by atoms with Crippen molar-refractivity contribution in [2.24, 2.45) is 0 Å². The number of nitrogens with zero attached hydrogens (tertiary/aromatic N) is 1. The van der Waals surface area contributed by atoms with Crippen molar-refractivity contribution in [2.45, 2.75) is 6.54 Å². The smallest absolute Gasteiger partial charge is 0.146 e. The third-order valence-electron chi connectivity index (χ3n) is 1.44. The number of rotatable bonds is 3. The van der Waals surface area contributed by atoms with Crippen molar-refractivity contribution in [3.63, 3.8) is 0 Å². The summed E-state index contributed by atoms with van der Waals surface area (Å²) < 4.78 is 13.6. The Labute approximate surface area is 84.7 Å². The summed E-state index contributed by atoms with van der Waals surface area (Å²) in [6, 6.07) is 1.62. The lowest BCUT2D eigenvalue weighted by atomic mass is 10.2. The maximum Gasteiger partial charge on any atom is 0.146 e. The second-order valence-corrected chi connectivity index (χ2v) is 3.22. The SMILES string of the molecule is C#CCNCc1cc(Br)ncc1F. The van der Waals surface area contributed by atoms with Crippen LogP contribution in [0.5, 0.6) is 0 Å². The summed E-state index contributed by atoms with van der Waals surface area (Å²) in [6.45, 7) is 0.844. The van der Waals surface area contributed by atoms with Crippen molar-refractivity contribution in [3.8, 4) is 12.3 Å². The molecule has 0 atom stereocenters. The minimum atomic E-state index is -0.326. The van der Waals surface area contributed by atoms with E-state index < -0.39 is 0 Å². The molecule has 0 radical (unpaired) electrons. The van der Waals surface area contributed by atoms with Gasteiger partial charge < -0.3 is 5.32 Å². The largest absolute Gasteiger partial charge is 0.302 e. The van der Waals surface area contributed by atoms with Gasteiger partial charge in [-0.25, -0.2) is 9.37 Å². The normalized spacial score (nSPS) is 9.62. The minimum Gasteiger partial charge on any atom is -0.302 e. The standard InChI is InChI=1S/C9H8BrFN2/c1-2-3-12-5-7-4-9(10)13-6-8(7)11/h1,4,6,12H,3,5H2. The number of hydrogen-bond donors (Lipinski definition) is 1. The maximum atomic E-state index is 13.0. The lowest BCUT2D eigenvalue weighted by Crippen LogP contribution is -2.14. The third kappa shape index (κ3) is 3.13. The van der Waals surface area contributed by atoms with Gasteiger partial charge in [0, 0.05) is 12.1 Å². The van der Waals surface area contributed by atoms with Gasteiger partial charge in [0.25, 0.3) is 0 Å². The van der Waals surface area contributed by atoms with Crippen molar-refractivity contribution < 1.29 is 4.39 Å². The fraction of sp³-hybridized carbons (Fsp3) is 0.222. The number of pyridine rings is 1. The van der Waals surface area contributed by atoms with Crippen LogP contribution in [0.15, 0.2) is 16.9 Å². The molecule has 1 N–H and O–H groups in total. The highest BCUT2D eigenvalue weighted by Gasteiger charge is 2.02. The van der Waals surface area contributed by atoms with Crippen molar-refractivity contribution in [1.82, 2.24) is 10.3 Å². The molecule has 0 saturated carbocycles. The fourth-order valence-electron chi connectivity index (χ4n) is 0.856. The Hall–Kier alpha value is -0.920. The van der Waals surface area contributed by atoms with Crippen LogP contribution in [0.3, 0.4) is 0 Å². The van der Waals surface area contributed by atoms with Gasteiger partial charge in [0.2, 0.25) is 0 Å². The summed E-state index contributed by atoms with van der Waals surface area (Å²) in [5.41, 5.74) is 0.553. The number of hydrogen-bond acceptors (Lipinski definition) is 2. The van der Waals surface area contributed by atoms with Crippen molar-refractivity contribution >= 4 is 15.9 Å². The van der Waals surface area contributed by atoms with Crippen LogP contribution in [-0.2, 0) is 6.54 Å². The Balaban J connectivity index is 2.65. The first-order valence-electron chi connectivity index (χ1n) is 3.68. The molecule has 0 aliphatic carbocycles. The summed E-state index contributed by atoms with van der Waals surface area (Å²) in [5.74, 6) is 2.08. The van der Waals surface area contributed by atoms with E-state index in [0.29, 0.717) is 23.3 Å². The van der Waals surface area contributed by atoms with E-state index in [1.165, 1.54) is 6.20 Å². The van der Waals surface area contributed by atoms with Crippen molar-refractivity contribution in [1.29, 1.82) is 0 Å². The van der Waals surface area contributed by atoms with Crippen LogP contribution in [0.2, 0.25) is 0 Å². The van der Waals surface area contributed by atoms with Gasteiger partial charge >= 0.3 is 0 Å². The molecular weight excluding hydrogens is 235 g/mol. The molecule has 0 amide bonds. The Kier molecular flexibility index (Phi) is 3.87. The van der Waals surface area contributed by atoms with Gasteiger partial charge in [-0.3, -0.25) is 0 Å².